The molecule has 0 saturated carbocycles. The highest BCUT2D eigenvalue weighted by molar-refractivity contribution is 6.24. The maximum absolute atomic E-state index is 11.8. The predicted octanol–water partition coefficient (Wildman–Crippen LogP) is 1.55. The molecule has 0 unspecified atom stereocenters. The van der Waals surface area contributed by atoms with Gasteiger partial charge in [0.25, 0.3) is 11.8 Å². The third-order valence-electron chi connectivity index (χ3n) is 3.08. The molecule has 0 aliphatic carbocycles. The van der Waals surface area contributed by atoms with E-state index in [9.17, 15) is 14.4 Å². The van der Waals surface area contributed by atoms with Crippen LogP contribution in [0, 0.1) is 5.92 Å². The first-order valence-corrected chi connectivity index (χ1v) is 5.84. The Bertz CT molecular complexity index is 537. The smallest absolute Gasteiger partial charge is 0.261 e. The number of hydrogen-bond donors (Lipinski definition) is 2. The summed E-state index contributed by atoms with van der Waals surface area (Å²) in [5.41, 5.74) is 0.947. The van der Waals surface area contributed by atoms with Crippen LogP contribution < -0.4 is 10.6 Å². The van der Waals surface area contributed by atoms with Crippen molar-refractivity contribution in [3.8, 4) is 0 Å². The summed E-state index contributed by atoms with van der Waals surface area (Å²) in [6.07, 6.45) is 0.714. The Morgan fingerprint density at radius 2 is 2.06 bits per heavy atom. The molecule has 1 aromatic rings. The van der Waals surface area contributed by atoms with Gasteiger partial charge >= 0.3 is 0 Å². The van der Waals surface area contributed by atoms with Crippen molar-refractivity contribution in [1.29, 1.82) is 0 Å². The summed E-state index contributed by atoms with van der Waals surface area (Å²) >= 11 is 0. The van der Waals surface area contributed by atoms with Gasteiger partial charge in [-0.3, -0.25) is 19.7 Å². The number of hydrogen-bond acceptors (Lipinski definition) is 3. The first-order valence-electron chi connectivity index (χ1n) is 5.84. The predicted molar refractivity (Wildman–Crippen MR) is 66.3 cm³/mol. The van der Waals surface area contributed by atoms with Crippen LogP contribution in [-0.4, -0.2) is 17.7 Å². The number of carbonyl (C=O) groups excluding carboxylic acids is 3. The van der Waals surface area contributed by atoms with E-state index in [0.717, 1.165) is 0 Å². The van der Waals surface area contributed by atoms with Gasteiger partial charge in [0.2, 0.25) is 5.91 Å². The van der Waals surface area contributed by atoms with Crippen molar-refractivity contribution in [2.24, 2.45) is 5.92 Å². The Balaban J connectivity index is 2.34. The molecule has 5 heteroatoms. The highest BCUT2D eigenvalue weighted by Gasteiger charge is 2.29. The van der Waals surface area contributed by atoms with Gasteiger partial charge in [-0.2, -0.15) is 0 Å². The van der Waals surface area contributed by atoms with E-state index in [1.165, 1.54) is 0 Å². The average Bonchev–Trinajstić information content (AvgIpc) is 2.65. The van der Waals surface area contributed by atoms with Gasteiger partial charge < -0.3 is 5.32 Å². The molecule has 0 saturated heterocycles. The van der Waals surface area contributed by atoms with Gasteiger partial charge in [-0.1, -0.05) is 19.9 Å². The number of rotatable bonds is 3. The van der Waals surface area contributed by atoms with Crippen molar-refractivity contribution in [1.82, 2.24) is 5.32 Å². The van der Waals surface area contributed by atoms with Gasteiger partial charge in [-0.25, -0.2) is 0 Å². The second-order valence-corrected chi connectivity index (χ2v) is 4.31. The molecular weight excluding hydrogens is 232 g/mol. The lowest BCUT2D eigenvalue weighted by molar-refractivity contribution is -0.119. The number of nitrogens with one attached hydrogen (secondary N) is 2. The van der Waals surface area contributed by atoms with Crippen LogP contribution in [0.15, 0.2) is 18.2 Å². The van der Waals surface area contributed by atoms with E-state index in [1.54, 1.807) is 18.2 Å². The minimum Gasteiger partial charge on any atom is -0.325 e. The molecule has 94 valence electrons. The van der Waals surface area contributed by atoms with Crippen LogP contribution in [-0.2, 0) is 4.79 Å². The van der Waals surface area contributed by atoms with Crippen LogP contribution in [0.25, 0.3) is 0 Å². The van der Waals surface area contributed by atoms with Crippen LogP contribution in [0.5, 0.6) is 0 Å². The van der Waals surface area contributed by atoms with Crippen molar-refractivity contribution >= 4 is 23.4 Å². The molecular formula is C13H14N2O3. The molecule has 0 aromatic heterocycles. The van der Waals surface area contributed by atoms with Gasteiger partial charge in [0.15, 0.2) is 0 Å². The van der Waals surface area contributed by atoms with Crippen LogP contribution >= 0.6 is 0 Å². The molecule has 3 amide bonds. The zero-order valence-corrected chi connectivity index (χ0v) is 10.2. The van der Waals surface area contributed by atoms with E-state index in [0.29, 0.717) is 17.7 Å². The van der Waals surface area contributed by atoms with Gasteiger partial charge in [-0.05, 0) is 18.6 Å². The summed E-state index contributed by atoms with van der Waals surface area (Å²) in [7, 11) is 0. The maximum Gasteiger partial charge on any atom is 0.261 e. The van der Waals surface area contributed by atoms with Crippen LogP contribution in [0.1, 0.15) is 41.0 Å². The second-order valence-electron chi connectivity index (χ2n) is 4.31. The summed E-state index contributed by atoms with van der Waals surface area (Å²) in [5, 5.41) is 4.90. The van der Waals surface area contributed by atoms with E-state index in [2.05, 4.69) is 10.6 Å². The van der Waals surface area contributed by atoms with Gasteiger partial charge in [-0.15, -0.1) is 0 Å². The monoisotopic (exact) mass is 246 g/mol. The van der Waals surface area contributed by atoms with Crippen molar-refractivity contribution < 1.29 is 14.4 Å². The quantitative estimate of drug-likeness (QED) is 0.794. The molecule has 2 rings (SSSR count). The highest BCUT2D eigenvalue weighted by Crippen LogP contribution is 2.24. The molecule has 1 aliphatic rings. The Kier molecular flexibility index (Phi) is 3.14. The summed E-state index contributed by atoms with van der Waals surface area (Å²) in [6, 6.07) is 4.83. The second kappa shape index (κ2) is 4.60. The van der Waals surface area contributed by atoms with E-state index in [-0.39, 0.29) is 17.4 Å². The third kappa shape index (κ3) is 1.99. The molecule has 0 fully saturated rings. The number of fused-ring (bicyclic) bond motifs is 1. The Morgan fingerprint density at radius 1 is 1.33 bits per heavy atom. The summed E-state index contributed by atoms with van der Waals surface area (Å²) in [6.45, 7) is 3.72. The van der Waals surface area contributed by atoms with Crippen molar-refractivity contribution in [2.45, 2.75) is 20.3 Å². The van der Waals surface area contributed by atoms with E-state index in [1.807, 2.05) is 13.8 Å². The normalized spacial score (nSPS) is 15.0. The molecule has 0 spiro atoms. The molecule has 0 radical (unpaired) electrons. The summed E-state index contributed by atoms with van der Waals surface area (Å²) in [4.78, 5) is 34.9. The minimum atomic E-state index is -0.463. The standard InChI is InChI=1S/C13H14N2O3/c1-3-7(2)11(16)14-9-6-4-5-8-10(9)13(18)15-12(8)17/h4-7H,3H2,1-2H3,(H,14,16)(H,15,17,18)/t7-/m0/s1. The van der Waals surface area contributed by atoms with E-state index < -0.39 is 11.8 Å². The SMILES string of the molecule is CC[C@H](C)C(=O)Nc1cccc2c1C(=O)NC2=O. The molecule has 0 bridgehead atoms. The van der Waals surface area contributed by atoms with Crippen LogP contribution in [0.2, 0.25) is 0 Å². The van der Waals surface area contributed by atoms with Crippen molar-refractivity contribution in [3.05, 3.63) is 29.3 Å². The number of carbonyl (C=O) groups is 3. The Morgan fingerprint density at radius 3 is 2.72 bits per heavy atom. The third-order valence-corrected chi connectivity index (χ3v) is 3.08. The number of anilines is 1. The largest absolute Gasteiger partial charge is 0.325 e. The first kappa shape index (κ1) is 12.3. The fraction of sp³-hybridized carbons (Fsp3) is 0.308. The molecule has 5 nitrogen and oxygen atoms in total. The van der Waals surface area contributed by atoms with Crippen LogP contribution in [0.4, 0.5) is 5.69 Å². The lowest BCUT2D eigenvalue weighted by Crippen LogP contribution is -2.22. The van der Waals surface area contributed by atoms with Gasteiger partial charge in [0.1, 0.15) is 0 Å². The zero-order valence-electron chi connectivity index (χ0n) is 10.2. The fourth-order valence-corrected chi connectivity index (χ4v) is 1.76. The molecule has 1 heterocycles. The molecule has 2 N–H and O–H groups in total. The van der Waals surface area contributed by atoms with Gasteiger partial charge in [0, 0.05) is 5.92 Å². The number of amides is 3. The Hall–Kier alpha value is -2.17. The number of imide groups is 1. The maximum atomic E-state index is 11.8. The lowest BCUT2D eigenvalue weighted by atomic mass is 10.1. The van der Waals surface area contributed by atoms with E-state index in [4.69, 9.17) is 0 Å². The molecule has 1 aliphatic heterocycles. The average molecular weight is 246 g/mol. The molecule has 18 heavy (non-hydrogen) atoms. The zero-order chi connectivity index (χ0) is 13.3. The highest BCUT2D eigenvalue weighted by atomic mass is 16.2. The number of benzene rings is 1. The van der Waals surface area contributed by atoms with E-state index >= 15 is 0 Å². The molecule has 1 aromatic carbocycles. The Labute approximate surface area is 105 Å². The van der Waals surface area contributed by atoms with Crippen LogP contribution in [0.3, 0.4) is 0 Å². The van der Waals surface area contributed by atoms with Crippen molar-refractivity contribution in [3.63, 3.8) is 0 Å². The first-order chi connectivity index (χ1) is 8.54. The summed E-state index contributed by atoms with van der Waals surface area (Å²) in [5.74, 6) is -1.18. The fourth-order valence-electron chi connectivity index (χ4n) is 1.76. The lowest BCUT2D eigenvalue weighted by Gasteiger charge is -2.11. The van der Waals surface area contributed by atoms with Crippen molar-refractivity contribution in [2.75, 3.05) is 5.32 Å². The van der Waals surface area contributed by atoms with Gasteiger partial charge in [0.05, 0.1) is 16.8 Å². The summed E-state index contributed by atoms with van der Waals surface area (Å²) < 4.78 is 0. The minimum absolute atomic E-state index is 0.138. The topological polar surface area (TPSA) is 75.3 Å². The molecule has 1 atom stereocenters.